The maximum Gasteiger partial charge on any atom is 0.165 e. The molecule has 2 N–H and O–H groups in total. The van der Waals surface area contributed by atoms with Crippen LogP contribution in [0.5, 0.6) is 0 Å². The number of amidine groups is 1. The van der Waals surface area contributed by atoms with Gasteiger partial charge in [0.25, 0.3) is 0 Å². The van der Waals surface area contributed by atoms with Crippen molar-refractivity contribution in [1.82, 2.24) is 10.3 Å². The molecular formula is C20H21ClN4O2S2. The lowest BCUT2D eigenvalue weighted by Gasteiger charge is -2.47. The number of nitriles is 1. The molecule has 1 aliphatic carbocycles. The summed E-state index contributed by atoms with van der Waals surface area (Å²) in [6.45, 7) is 1.79. The molecule has 29 heavy (non-hydrogen) atoms. The minimum absolute atomic E-state index is 0.0881. The predicted octanol–water partition coefficient (Wildman–Crippen LogP) is 4.25. The summed E-state index contributed by atoms with van der Waals surface area (Å²) in [6, 6.07) is 5.57. The molecule has 1 saturated carbocycles. The summed E-state index contributed by atoms with van der Waals surface area (Å²) in [5.74, 6) is -0.0106. The second-order valence-electron chi connectivity index (χ2n) is 8.01. The molecule has 1 atom stereocenters. The van der Waals surface area contributed by atoms with Crippen molar-refractivity contribution in [3.8, 4) is 16.5 Å². The summed E-state index contributed by atoms with van der Waals surface area (Å²) in [5, 5.41) is 21.4. The van der Waals surface area contributed by atoms with Gasteiger partial charge in [0, 0.05) is 27.7 Å². The summed E-state index contributed by atoms with van der Waals surface area (Å²) in [5.41, 5.74) is 0.223. The molecule has 6 nitrogen and oxygen atoms in total. The standard InChI is InChI=1S/C20H21ClN4O2S2/c1-19(12-29(26,27)20(18(23)25-19)5-3-2-4-6-20)17-15(21)8-16(28-17)14-7-13(9-22)10-24-11-14/h7-8,10-11H,2-6,12H2,1H3,(H2,23,25)/t19-/m0/s1. The van der Waals surface area contributed by atoms with Crippen molar-refractivity contribution in [3.63, 3.8) is 0 Å². The molecule has 1 aliphatic heterocycles. The van der Waals surface area contributed by atoms with E-state index in [0.717, 1.165) is 29.7 Å². The van der Waals surface area contributed by atoms with E-state index >= 15 is 0 Å². The van der Waals surface area contributed by atoms with Crippen molar-refractivity contribution in [1.29, 1.82) is 10.7 Å². The van der Waals surface area contributed by atoms with Crippen LogP contribution >= 0.6 is 22.9 Å². The normalized spacial score (nSPS) is 25.3. The fourth-order valence-electron chi connectivity index (χ4n) is 4.43. The molecule has 2 aromatic rings. The number of pyridine rings is 1. The van der Waals surface area contributed by atoms with Crippen LogP contribution in [-0.2, 0) is 15.4 Å². The number of rotatable bonds is 2. The Morgan fingerprint density at radius 1 is 1.28 bits per heavy atom. The smallest absolute Gasteiger partial charge is 0.165 e. The molecule has 2 aromatic heterocycles. The Hall–Kier alpha value is -1.95. The highest BCUT2D eigenvalue weighted by Crippen LogP contribution is 2.47. The summed E-state index contributed by atoms with van der Waals surface area (Å²) >= 11 is 7.90. The first kappa shape index (κ1) is 20.3. The first-order chi connectivity index (χ1) is 13.7. The molecule has 2 fully saturated rings. The summed E-state index contributed by atoms with van der Waals surface area (Å²) in [4.78, 5) is 5.57. The number of halogens is 1. The molecular weight excluding hydrogens is 428 g/mol. The van der Waals surface area contributed by atoms with Gasteiger partial charge in [-0.3, -0.25) is 10.4 Å². The zero-order valence-electron chi connectivity index (χ0n) is 16.0. The lowest BCUT2D eigenvalue weighted by molar-refractivity contribution is 0.384. The van der Waals surface area contributed by atoms with Crippen LogP contribution in [-0.4, -0.2) is 29.7 Å². The van der Waals surface area contributed by atoms with E-state index in [1.807, 2.05) is 0 Å². The van der Waals surface area contributed by atoms with Gasteiger partial charge in [-0.25, -0.2) is 8.42 Å². The molecule has 152 valence electrons. The largest absolute Gasteiger partial charge is 0.362 e. The molecule has 9 heteroatoms. The fourth-order valence-corrected chi connectivity index (χ4v) is 8.67. The number of hydrogen-bond donors (Lipinski definition) is 2. The van der Waals surface area contributed by atoms with Crippen molar-refractivity contribution in [2.24, 2.45) is 0 Å². The molecule has 4 rings (SSSR count). The molecule has 1 saturated heterocycles. The van der Waals surface area contributed by atoms with Crippen molar-refractivity contribution >= 4 is 38.6 Å². The Labute approximate surface area is 179 Å². The lowest BCUT2D eigenvalue weighted by Crippen LogP contribution is -2.66. The predicted molar refractivity (Wildman–Crippen MR) is 115 cm³/mol. The first-order valence-electron chi connectivity index (χ1n) is 9.46. The third kappa shape index (κ3) is 3.25. The monoisotopic (exact) mass is 448 g/mol. The number of thiophene rings is 1. The third-order valence-electron chi connectivity index (χ3n) is 5.93. The topological polar surface area (TPSA) is 107 Å². The van der Waals surface area contributed by atoms with E-state index in [0.29, 0.717) is 28.3 Å². The van der Waals surface area contributed by atoms with Gasteiger partial charge in [-0.1, -0.05) is 30.9 Å². The number of nitrogens with zero attached hydrogens (tertiary/aromatic N) is 2. The fraction of sp³-hybridized carbons (Fsp3) is 0.450. The molecule has 2 aliphatic rings. The van der Waals surface area contributed by atoms with E-state index in [9.17, 15) is 8.42 Å². The highest BCUT2D eigenvalue weighted by molar-refractivity contribution is 7.93. The van der Waals surface area contributed by atoms with Gasteiger partial charge in [0.1, 0.15) is 16.7 Å². The lowest BCUT2D eigenvalue weighted by atomic mass is 9.86. The number of hydrogen-bond acceptors (Lipinski definition) is 6. The third-order valence-corrected chi connectivity index (χ3v) is 10.6. The van der Waals surface area contributed by atoms with Gasteiger partial charge in [-0.05, 0) is 31.9 Å². The Bertz CT molecular complexity index is 1130. The summed E-state index contributed by atoms with van der Waals surface area (Å²) in [7, 11) is -3.53. The van der Waals surface area contributed by atoms with Crippen LogP contribution in [0.1, 0.15) is 49.5 Å². The van der Waals surface area contributed by atoms with E-state index < -0.39 is 20.1 Å². The van der Waals surface area contributed by atoms with Gasteiger partial charge in [-0.2, -0.15) is 5.26 Å². The van der Waals surface area contributed by atoms with Crippen LogP contribution < -0.4 is 5.32 Å². The van der Waals surface area contributed by atoms with Gasteiger partial charge >= 0.3 is 0 Å². The van der Waals surface area contributed by atoms with Crippen molar-refractivity contribution in [2.45, 2.75) is 49.3 Å². The Balaban J connectivity index is 1.73. The summed E-state index contributed by atoms with van der Waals surface area (Å²) in [6.07, 6.45) is 6.82. The number of nitrogens with one attached hydrogen (secondary N) is 2. The van der Waals surface area contributed by atoms with Crippen LogP contribution in [0.2, 0.25) is 5.02 Å². The Morgan fingerprint density at radius 2 is 2.00 bits per heavy atom. The molecule has 0 radical (unpaired) electrons. The van der Waals surface area contributed by atoms with Crippen LogP contribution in [0.15, 0.2) is 24.5 Å². The molecule has 0 amide bonds. The van der Waals surface area contributed by atoms with E-state index in [1.54, 1.807) is 25.3 Å². The van der Waals surface area contributed by atoms with Gasteiger partial charge in [0.05, 0.1) is 21.9 Å². The second-order valence-corrected chi connectivity index (χ2v) is 11.8. The Morgan fingerprint density at radius 3 is 2.66 bits per heavy atom. The molecule has 1 spiro atoms. The molecule has 0 unspecified atom stereocenters. The van der Waals surface area contributed by atoms with Crippen LogP contribution in [0.4, 0.5) is 0 Å². The van der Waals surface area contributed by atoms with Gasteiger partial charge in [-0.15, -0.1) is 11.3 Å². The SMILES string of the molecule is C[C@@]1(c2sc(-c3cncc(C#N)c3)cc2Cl)CS(=O)(=O)C2(CCCCC2)C(=N)N1. The molecule has 0 aromatic carbocycles. The van der Waals surface area contributed by atoms with Crippen molar-refractivity contribution in [3.05, 3.63) is 40.0 Å². The minimum Gasteiger partial charge on any atom is -0.362 e. The maximum absolute atomic E-state index is 13.4. The molecule has 3 heterocycles. The van der Waals surface area contributed by atoms with Crippen LogP contribution in [0.25, 0.3) is 10.4 Å². The highest BCUT2D eigenvalue weighted by atomic mass is 35.5. The zero-order chi connectivity index (χ0) is 20.9. The quantitative estimate of drug-likeness (QED) is 0.714. The average Bonchev–Trinajstić information content (AvgIpc) is 3.09. The highest BCUT2D eigenvalue weighted by Gasteiger charge is 2.56. The van der Waals surface area contributed by atoms with Crippen LogP contribution in [0.3, 0.4) is 0 Å². The van der Waals surface area contributed by atoms with E-state index in [4.69, 9.17) is 22.3 Å². The van der Waals surface area contributed by atoms with Crippen molar-refractivity contribution in [2.75, 3.05) is 5.75 Å². The summed E-state index contributed by atoms with van der Waals surface area (Å²) < 4.78 is 25.6. The van der Waals surface area contributed by atoms with E-state index in [2.05, 4.69) is 16.4 Å². The average molecular weight is 449 g/mol. The maximum atomic E-state index is 13.4. The first-order valence-corrected chi connectivity index (χ1v) is 12.3. The zero-order valence-corrected chi connectivity index (χ0v) is 18.3. The minimum atomic E-state index is -3.53. The van der Waals surface area contributed by atoms with Gasteiger partial charge < -0.3 is 5.32 Å². The Kier molecular flexibility index (Phi) is 4.96. The number of sulfone groups is 1. The number of aromatic nitrogens is 1. The second kappa shape index (κ2) is 7.08. The van der Waals surface area contributed by atoms with E-state index in [1.165, 1.54) is 17.5 Å². The van der Waals surface area contributed by atoms with E-state index in [-0.39, 0.29) is 11.6 Å². The van der Waals surface area contributed by atoms with Gasteiger partial charge in [0.15, 0.2) is 9.84 Å². The van der Waals surface area contributed by atoms with Crippen molar-refractivity contribution < 1.29 is 8.42 Å². The van der Waals surface area contributed by atoms with Crippen LogP contribution in [0, 0.1) is 16.7 Å². The van der Waals surface area contributed by atoms with Gasteiger partial charge in [0.2, 0.25) is 0 Å². The molecule has 0 bridgehead atoms.